The first-order valence-corrected chi connectivity index (χ1v) is 12.9. The Hall–Kier alpha value is -2.86. The van der Waals surface area contributed by atoms with Gasteiger partial charge in [0.2, 0.25) is 0 Å². The Balaban J connectivity index is 2.03. The van der Waals surface area contributed by atoms with E-state index in [-0.39, 0.29) is 10.8 Å². The summed E-state index contributed by atoms with van der Waals surface area (Å²) < 4.78 is 0. The van der Waals surface area contributed by atoms with Crippen LogP contribution in [0.4, 0.5) is 0 Å². The molecule has 0 bridgehead atoms. The fourth-order valence-corrected chi connectivity index (χ4v) is 5.12. The van der Waals surface area contributed by atoms with E-state index in [1.165, 1.54) is 33.4 Å². The van der Waals surface area contributed by atoms with E-state index in [4.69, 9.17) is 0 Å². The zero-order chi connectivity index (χ0) is 26.0. The third-order valence-electron chi connectivity index (χ3n) is 7.41. The minimum atomic E-state index is 0.134. The van der Waals surface area contributed by atoms with Gasteiger partial charge in [0.25, 0.3) is 0 Å². The van der Waals surface area contributed by atoms with Crippen molar-refractivity contribution in [1.29, 1.82) is 0 Å². The van der Waals surface area contributed by atoms with Crippen molar-refractivity contribution >= 4 is 5.57 Å². The summed E-state index contributed by atoms with van der Waals surface area (Å²) in [6.07, 6.45) is 4.10. The Bertz CT molecular complexity index is 1180. The Kier molecular flexibility index (Phi) is 7.65. The predicted molar refractivity (Wildman–Crippen MR) is 157 cm³/mol. The fourth-order valence-electron chi connectivity index (χ4n) is 5.12. The summed E-state index contributed by atoms with van der Waals surface area (Å²) in [4.78, 5) is 0. The van der Waals surface area contributed by atoms with Gasteiger partial charge in [0, 0.05) is 0 Å². The van der Waals surface area contributed by atoms with E-state index in [9.17, 15) is 0 Å². The lowest BCUT2D eigenvalue weighted by molar-refractivity contribution is 0.284. The summed E-state index contributed by atoms with van der Waals surface area (Å²) in [6.45, 7) is 26.7. The highest BCUT2D eigenvalue weighted by Gasteiger charge is 2.27. The Labute approximate surface area is 214 Å². The van der Waals surface area contributed by atoms with Crippen LogP contribution >= 0.6 is 0 Å². The van der Waals surface area contributed by atoms with Crippen molar-refractivity contribution in [2.24, 2.45) is 5.41 Å². The SMILES string of the molecule is C=CC(=C)c1cc(-c2ccc(C(C)(C)CC)cc2)cc(-c2ccc(C(C)(C)CC(C)(C)C)cc2)c1. The summed E-state index contributed by atoms with van der Waals surface area (Å²) in [6, 6.07) is 25.0. The van der Waals surface area contributed by atoms with Crippen LogP contribution in [0.3, 0.4) is 0 Å². The Morgan fingerprint density at radius 3 is 1.46 bits per heavy atom. The number of benzene rings is 3. The molecule has 0 heteroatoms. The van der Waals surface area contributed by atoms with Crippen LogP contribution in [0.2, 0.25) is 0 Å². The van der Waals surface area contributed by atoms with Crippen molar-refractivity contribution in [3.63, 3.8) is 0 Å². The van der Waals surface area contributed by atoms with Crippen molar-refractivity contribution in [3.8, 4) is 22.3 Å². The minimum absolute atomic E-state index is 0.134. The second kappa shape index (κ2) is 10.0. The average molecular weight is 465 g/mol. The molecule has 0 radical (unpaired) electrons. The molecule has 3 aromatic rings. The maximum absolute atomic E-state index is 4.23. The van der Waals surface area contributed by atoms with Gasteiger partial charge in [-0.3, -0.25) is 0 Å². The van der Waals surface area contributed by atoms with E-state index in [1.807, 2.05) is 6.08 Å². The molecule has 0 nitrogen and oxygen atoms in total. The van der Waals surface area contributed by atoms with Gasteiger partial charge in [-0.1, -0.05) is 123 Å². The Morgan fingerprint density at radius 1 is 0.657 bits per heavy atom. The zero-order valence-corrected chi connectivity index (χ0v) is 23.3. The molecule has 0 heterocycles. The molecule has 0 atom stereocenters. The zero-order valence-electron chi connectivity index (χ0n) is 23.3. The second-order valence-electron chi connectivity index (χ2n) is 12.5. The number of hydrogen-bond donors (Lipinski definition) is 0. The average Bonchev–Trinajstić information content (AvgIpc) is 2.82. The van der Waals surface area contributed by atoms with E-state index >= 15 is 0 Å². The van der Waals surface area contributed by atoms with Crippen molar-refractivity contribution in [1.82, 2.24) is 0 Å². The van der Waals surface area contributed by atoms with Gasteiger partial charge in [-0.05, 0) is 91.8 Å². The largest absolute Gasteiger partial charge is 0.0985 e. The molecule has 0 fully saturated rings. The molecule has 184 valence electrons. The normalized spacial score (nSPS) is 12.5. The lowest BCUT2D eigenvalue weighted by atomic mass is 9.72. The van der Waals surface area contributed by atoms with Crippen molar-refractivity contribution in [3.05, 3.63) is 103 Å². The van der Waals surface area contributed by atoms with Crippen LogP contribution in [0, 0.1) is 5.41 Å². The number of rotatable bonds is 8. The molecule has 3 rings (SSSR count). The van der Waals surface area contributed by atoms with Crippen molar-refractivity contribution in [2.75, 3.05) is 0 Å². The van der Waals surface area contributed by atoms with Crippen LogP contribution in [0.1, 0.15) is 84.9 Å². The molecule has 0 aliphatic heterocycles. The molecular formula is C35H44. The molecule has 3 aromatic carbocycles. The minimum Gasteiger partial charge on any atom is -0.0985 e. The molecule has 35 heavy (non-hydrogen) atoms. The van der Waals surface area contributed by atoms with E-state index in [2.05, 4.69) is 135 Å². The summed E-state index contributed by atoms with van der Waals surface area (Å²) in [5.74, 6) is 0. The monoisotopic (exact) mass is 464 g/mol. The van der Waals surface area contributed by atoms with Gasteiger partial charge in [0.05, 0.1) is 0 Å². The summed E-state index contributed by atoms with van der Waals surface area (Å²) in [5, 5.41) is 0. The van der Waals surface area contributed by atoms with Crippen LogP contribution in [0.25, 0.3) is 27.8 Å². The topological polar surface area (TPSA) is 0 Å². The first-order chi connectivity index (χ1) is 16.3. The smallest absolute Gasteiger partial charge is 0.00986 e. The van der Waals surface area contributed by atoms with Gasteiger partial charge in [0.1, 0.15) is 0 Å². The van der Waals surface area contributed by atoms with Crippen LogP contribution in [-0.2, 0) is 10.8 Å². The second-order valence-corrected chi connectivity index (χ2v) is 12.5. The Morgan fingerprint density at radius 2 is 1.09 bits per heavy atom. The summed E-state index contributed by atoms with van der Waals surface area (Å²) >= 11 is 0. The predicted octanol–water partition coefficient (Wildman–Crippen LogP) is 10.6. The third-order valence-corrected chi connectivity index (χ3v) is 7.41. The molecule has 0 saturated heterocycles. The third kappa shape index (κ3) is 6.43. The summed E-state index contributed by atoms with van der Waals surface area (Å²) in [7, 11) is 0. The molecule has 0 aliphatic rings. The maximum atomic E-state index is 4.23. The van der Waals surface area contributed by atoms with Gasteiger partial charge in [-0.15, -0.1) is 0 Å². The maximum Gasteiger partial charge on any atom is -0.00986 e. The van der Waals surface area contributed by atoms with Crippen molar-refractivity contribution in [2.45, 2.75) is 79.1 Å². The molecule has 0 amide bonds. The van der Waals surface area contributed by atoms with E-state index < -0.39 is 0 Å². The van der Waals surface area contributed by atoms with Crippen molar-refractivity contribution < 1.29 is 0 Å². The van der Waals surface area contributed by atoms with Gasteiger partial charge in [-0.25, -0.2) is 0 Å². The van der Waals surface area contributed by atoms with Crippen LogP contribution in [0.5, 0.6) is 0 Å². The molecule has 0 unspecified atom stereocenters. The van der Waals surface area contributed by atoms with Crippen LogP contribution in [-0.4, -0.2) is 0 Å². The molecule has 0 spiro atoms. The molecule has 0 aromatic heterocycles. The molecular weight excluding hydrogens is 420 g/mol. The molecule has 0 N–H and O–H groups in total. The van der Waals surface area contributed by atoms with Gasteiger partial charge in [0.15, 0.2) is 0 Å². The highest BCUT2D eigenvalue weighted by Crippen LogP contribution is 2.38. The van der Waals surface area contributed by atoms with E-state index in [0.717, 1.165) is 24.0 Å². The lowest BCUT2D eigenvalue weighted by Crippen LogP contribution is -2.24. The number of hydrogen-bond acceptors (Lipinski definition) is 0. The standard InChI is InChI=1S/C35H44/c1-11-25(3)28-21-29(26-13-17-31(18-14-26)34(7,8)12-2)23-30(22-28)27-15-19-32(20-16-27)35(9,10)24-33(4,5)6/h11,13-23H,1,3,12,24H2,2,4-10H3. The first-order valence-electron chi connectivity index (χ1n) is 12.9. The van der Waals surface area contributed by atoms with Gasteiger partial charge >= 0.3 is 0 Å². The van der Waals surface area contributed by atoms with E-state index in [0.29, 0.717) is 5.41 Å². The van der Waals surface area contributed by atoms with E-state index in [1.54, 1.807) is 0 Å². The fraction of sp³-hybridized carbons (Fsp3) is 0.371. The lowest BCUT2D eigenvalue weighted by Gasteiger charge is -2.33. The quantitative estimate of drug-likeness (QED) is 0.291. The van der Waals surface area contributed by atoms with Gasteiger partial charge in [-0.2, -0.15) is 0 Å². The van der Waals surface area contributed by atoms with Gasteiger partial charge < -0.3 is 0 Å². The molecule has 0 aliphatic carbocycles. The molecule has 0 saturated carbocycles. The first kappa shape index (κ1) is 26.7. The van der Waals surface area contributed by atoms with Crippen LogP contribution in [0.15, 0.2) is 86.0 Å². The highest BCUT2D eigenvalue weighted by molar-refractivity contribution is 5.82. The van der Waals surface area contributed by atoms with Crippen LogP contribution < -0.4 is 0 Å². The highest BCUT2D eigenvalue weighted by atomic mass is 14.3. The summed E-state index contributed by atoms with van der Waals surface area (Å²) in [5.41, 5.74) is 10.3. The number of allylic oxidation sites excluding steroid dienone is 2.